The van der Waals surface area contributed by atoms with E-state index in [1.807, 2.05) is 0 Å². The van der Waals surface area contributed by atoms with Crippen molar-refractivity contribution in [2.45, 2.75) is 31.7 Å². The first-order valence-corrected chi connectivity index (χ1v) is 9.84. The smallest absolute Gasteiger partial charge is 0.284 e. The van der Waals surface area contributed by atoms with Gasteiger partial charge in [0.25, 0.3) is 11.8 Å². The molecule has 2 heterocycles. The number of benzene rings is 2. The fraction of sp³-hybridized carbons (Fsp3) is 0.304. The van der Waals surface area contributed by atoms with Crippen LogP contribution in [0.1, 0.15) is 44.8 Å². The number of fused-ring (bicyclic) bond motifs is 1. The Hall–Kier alpha value is -3.03. The molecule has 0 bridgehead atoms. The third-order valence-electron chi connectivity index (χ3n) is 5.65. The molecule has 0 radical (unpaired) electrons. The number of aromatic nitrogens is 1. The normalized spacial score (nSPS) is 18.3. The van der Waals surface area contributed by atoms with Gasteiger partial charge in [0.05, 0.1) is 11.2 Å². The number of halogens is 1. The van der Waals surface area contributed by atoms with E-state index in [4.69, 9.17) is 9.57 Å². The molecule has 2 aromatic carbocycles. The van der Waals surface area contributed by atoms with Crippen LogP contribution in [0.25, 0.3) is 10.9 Å². The Balaban J connectivity index is 1.73. The third kappa shape index (κ3) is 3.40. The lowest BCUT2D eigenvalue weighted by Crippen LogP contribution is -2.44. The predicted octanol–water partition coefficient (Wildman–Crippen LogP) is 3.96. The van der Waals surface area contributed by atoms with Crippen LogP contribution < -0.4 is 5.48 Å². The highest BCUT2D eigenvalue weighted by atomic mass is 19.2. The Morgan fingerprint density at radius 3 is 2.73 bits per heavy atom. The summed E-state index contributed by atoms with van der Waals surface area (Å²) >= 11 is 0. The number of ether oxygens (including phenoxy) is 1. The number of carbonyl (C=O) groups excluding carboxylic acids is 2. The number of aldehydes is 1. The molecule has 0 spiro atoms. The van der Waals surface area contributed by atoms with E-state index in [1.165, 1.54) is 0 Å². The number of hydrogen-bond acceptors (Lipinski definition) is 4. The van der Waals surface area contributed by atoms with Gasteiger partial charge in [-0.1, -0.05) is 30.3 Å². The SMILES string of the molecule is Cc1c(C(F)(ONC(=O)c2ccccc2)[C@@H]2CCCO2)ccc2cc(C=O)n(C)c12. The van der Waals surface area contributed by atoms with Crippen LogP contribution in [0.15, 0.2) is 48.5 Å². The van der Waals surface area contributed by atoms with Gasteiger partial charge in [-0.25, -0.2) is 14.7 Å². The van der Waals surface area contributed by atoms with Gasteiger partial charge in [-0.05, 0) is 43.5 Å². The summed E-state index contributed by atoms with van der Waals surface area (Å²) in [7, 11) is 1.76. The fourth-order valence-corrected chi connectivity index (χ4v) is 4.08. The molecule has 30 heavy (non-hydrogen) atoms. The maximum Gasteiger partial charge on any atom is 0.284 e. The highest BCUT2D eigenvalue weighted by Crippen LogP contribution is 2.41. The largest absolute Gasteiger partial charge is 0.372 e. The minimum absolute atomic E-state index is 0.258. The summed E-state index contributed by atoms with van der Waals surface area (Å²) in [5, 5.41) is 0.823. The summed E-state index contributed by atoms with van der Waals surface area (Å²) in [6.07, 6.45) is 1.06. The van der Waals surface area contributed by atoms with Crippen LogP contribution in [0.4, 0.5) is 4.39 Å². The molecule has 1 amide bonds. The van der Waals surface area contributed by atoms with Crippen molar-refractivity contribution in [2.75, 3.05) is 6.61 Å². The molecule has 2 atom stereocenters. The monoisotopic (exact) mass is 410 g/mol. The standard InChI is InChI=1S/C23H23FN2O4/c1-15-19(11-10-17-13-18(14-27)26(2)21(15)17)23(24,20-9-6-12-29-20)30-25-22(28)16-7-4-3-5-8-16/h3-5,7-8,10-11,13-14,20H,6,9,12H2,1-2H3,(H,25,28)/t20-,23?/m0/s1. The highest BCUT2D eigenvalue weighted by molar-refractivity contribution is 5.93. The second-order valence-corrected chi connectivity index (χ2v) is 7.47. The van der Waals surface area contributed by atoms with Crippen molar-refractivity contribution >= 4 is 23.1 Å². The van der Waals surface area contributed by atoms with E-state index >= 15 is 4.39 Å². The lowest BCUT2D eigenvalue weighted by molar-refractivity contribution is -0.242. The Bertz CT molecular complexity index is 1090. The second-order valence-electron chi connectivity index (χ2n) is 7.47. The van der Waals surface area contributed by atoms with Crippen molar-refractivity contribution in [3.05, 3.63) is 70.9 Å². The van der Waals surface area contributed by atoms with Crippen molar-refractivity contribution in [3.8, 4) is 0 Å². The Labute approximate surface area is 173 Å². The van der Waals surface area contributed by atoms with E-state index < -0.39 is 17.9 Å². The number of rotatable bonds is 6. The first-order valence-electron chi connectivity index (χ1n) is 9.84. The van der Waals surface area contributed by atoms with Crippen LogP contribution in [0.3, 0.4) is 0 Å². The van der Waals surface area contributed by atoms with Crippen LogP contribution in [-0.2, 0) is 22.5 Å². The first kappa shape index (κ1) is 20.3. The molecule has 156 valence electrons. The average molecular weight is 410 g/mol. The molecule has 1 unspecified atom stereocenters. The lowest BCUT2D eigenvalue weighted by Gasteiger charge is -2.31. The minimum atomic E-state index is -2.38. The van der Waals surface area contributed by atoms with Crippen LogP contribution >= 0.6 is 0 Å². The zero-order valence-electron chi connectivity index (χ0n) is 16.9. The van der Waals surface area contributed by atoms with Gasteiger partial charge in [0.15, 0.2) is 6.29 Å². The number of amides is 1. The molecule has 7 heteroatoms. The maximum absolute atomic E-state index is 16.5. The Morgan fingerprint density at radius 2 is 2.07 bits per heavy atom. The molecule has 1 saturated heterocycles. The van der Waals surface area contributed by atoms with E-state index in [-0.39, 0.29) is 5.56 Å². The number of nitrogens with one attached hydrogen (secondary N) is 1. The minimum Gasteiger partial charge on any atom is -0.372 e. The molecule has 1 aliphatic heterocycles. The van der Waals surface area contributed by atoms with Crippen molar-refractivity contribution in [1.82, 2.24) is 10.0 Å². The average Bonchev–Trinajstić information content (AvgIpc) is 3.41. The summed E-state index contributed by atoms with van der Waals surface area (Å²) in [4.78, 5) is 29.2. The molecule has 0 aliphatic carbocycles. The van der Waals surface area contributed by atoms with Crippen LogP contribution in [0, 0.1) is 6.92 Å². The number of alkyl halides is 1. The molecule has 4 rings (SSSR count). The maximum atomic E-state index is 16.5. The van der Waals surface area contributed by atoms with Crippen LogP contribution in [0.2, 0.25) is 0 Å². The number of hydrogen-bond donors (Lipinski definition) is 1. The molecular formula is C23H23FN2O4. The molecule has 1 aromatic heterocycles. The molecule has 1 aliphatic rings. The van der Waals surface area contributed by atoms with E-state index in [0.29, 0.717) is 36.3 Å². The third-order valence-corrected chi connectivity index (χ3v) is 5.65. The summed E-state index contributed by atoms with van der Waals surface area (Å²) < 4.78 is 23.8. The van der Waals surface area contributed by atoms with Gasteiger partial charge in [-0.2, -0.15) is 0 Å². The number of carbonyl (C=O) groups is 2. The van der Waals surface area contributed by atoms with Crippen molar-refractivity contribution < 1.29 is 23.6 Å². The Kier molecular flexibility index (Phi) is 5.40. The number of hydroxylamine groups is 1. The summed E-state index contributed by atoms with van der Waals surface area (Å²) in [6.45, 7) is 2.20. The van der Waals surface area contributed by atoms with Crippen molar-refractivity contribution in [1.29, 1.82) is 0 Å². The molecule has 1 fully saturated rings. The van der Waals surface area contributed by atoms with Crippen molar-refractivity contribution in [2.24, 2.45) is 7.05 Å². The summed E-state index contributed by atoms with van der Waals surface area (Å²) in [5.74, 6) is -2.93. The predicted molar refractivity (Wildman–Crippen MR) is 110 cm³/mol. The van der Waals surface area contributed by atoms with E-state index in [2.05, 4.69) is 5.48 Å². The topological polar surface area (TPSA) is 69.6 Å². The summed E-state index contributed by atoms with van der Waals surface area (Å²) in [5.41, 5.74) is 4.72. The zero-order valence-corrected chi connectivity index (χ0v) is 16.9. The number of aryl methyl sites for hydroxylation is 2. The molecule has 1 N–H and O–H groups in total. The van der Waals surface area contributed by atoms with Crippen LogP contribution in [-0.4, -0.2) is 29.5 Å². The van der Waals surface area contributed by atoms with Gasteiger partial charge in [0, 0.05) is 30.2 Å². The quantitative estimate of drug-likeness (QED) is 0.493. The highest BCUT2D eigenvalue weighted by Gasteiger charge is 2.47. The lowest BCUT2D eigenvalue weighted by atomic mass is 9.94. The zero-order chi connectivity index (χ0) is 21.3. The second kappa shape index (κ2) is 8.01. The molecule has 6 nitrogen and oxygen atoms in total. The van der Waals surface area contributed by atoms with Gasteiger partial charge < -0.3 is 9.30 Å². The van der Waals surface area contributed by atoms with E-state index in [9.17, 15) is 9.59 Å². The van der Waals surface area contributed by atoms with E-state index in [1.54, 1.807) is 67.1 Å². The van der Waals surface area contributed by atoms with E-state index in [0.717, 1.165) is 17.2 Å². The fourth-order valence-electron chi connectivity index (χ4n) is 4.08. The first-order chi connectivity index (χ1) is 14.5. The number of nitrogens with zero attached hydrogens (tertiary/aromatic N) is 1. The van der Waals surface area contributed by atoms with Crippen molar-refractivity contribution in [3.63, 3.8) is 0 Å². The van der Waals surface area contributed by atoms with Crippen LogP contribution in [0.5, 0.6) is 0 Å². The van der Waals surface area contributed by atoms with Gasteiger partial charge >= 0.3 is 0 Å². The van der Waals surface area contributed by atoms with Gasteiger partial charge in [-0.15, -0.1) is 0 Å². The molecular weight excluding hydrogens is 387 g/mol. The van der Waals surface area contributed by atoms with Gasteiger partial charge in [-0.3, -0.25) is 9.59 Å². The molecule has 3 aromatic rings. The molecule has 0 saturated carbocycles. The van der Waals surface area contributed by atoms with Gasteiger partial charge in [0.2, 0.25) is 0 Å². The Morgan fingerprint density at radius 1 is 1.30 bits per heavy atom. The van der Waals surface area contributed by atoms with Gasteiger partial charge in [0.1, 0.15) is 6.10 Å². The summed E-state index contributed by atoms with van der Waals surface area (Å²) in [6, 6.07) is 13.6.